The van der Waals surface area contributed by atoms with Gasteiger partial charge in [0.2, 0.25) is 5.95 Å². The molecule has 6 nitrogen and oxygen atoms in total. The molecule has 0 spiro atoms. The van der Waals surface area contributed by atoms with Gasteiger partial charge < -0.3 is 10.7 Å². The number of nitrogens with zero attached hydrogens (tertiary/aromatic N) is 4. The van der Waals surface area contributed by atoms with Crippen molar-refractivity contribution in [1.29, 1.82) is 0 Å². The number of aromatic nitrogens is 4. The number of rotatable bonds is 4. The molecule has 0 fully saturated rings. The zero-order valence-corrected chi connectivity index (χ0v) is 10.0. The van der Waals surface area contributed by atoms with Crippen LogP contribution in [0.15, 0.2) is 11.3 Å². The zero-order chi connectivity index (χ0) is 12.3. The summed E-state index contributed by atoms with van der Waals surface area (Å²) in [6.07, 6.45) is 5.61. The molecule has 2 aromatic heterocycles. The normalized spacial score (nSPS) is 11.9. The van der Waals surface area contributed by atoms with Gasteiger partial charge in [-0.15, -0.1) is 0 Å². The average Bonchev–Trinajstić information content (AvgIpc) is 2.78. The number of hydrogen-bond acceptors (Lipinski definition) is 5. The van der Waals surface area contributed by atoms with E-state index in [1.807, 2.05) is 6.21 Å². The van der Waals surface area contributed by atoms with Crippen molar-refractivity contribution in [2.45, 2.75) is 26.7 Å². The molecule has 0 aliphatic carbocycles. The first-order chi connectivity index (χ1) is 8.24. The number of nitrogens with one attached hydrogen (secondary N) is 1. The number of aliphatic imine (C=N–C) groups is 1. The lowest BCUT2D eigenvalue weighted by Gasteiger charge is -2.04. The third-order valence-corrected chi connectivity index (χ3v) is 2.74. The van der Waals surface area contributed by atoms with E-state index in [0.29, 0.717) is 17.4 Å². The van der Waals surface area contributed by atoms with Crippen molar-refractivity contribution >= 4 is 29.1 Å². The van der Waals surface area contributed by atoms with E-state index in [9.17, 15) is 0 Å². The van der Waals surface area contributed by atoms with Gasteiger partial charge in [-0.2, -0.15) is 9.97 Å². The van der Waals surface area contributed by atoms with Crippen LogP contribution in [0.25, 0.3) is 11.2 Å². The third-order valence-electron chi connectivity index (χ3n) is 2.74. The minimum atomic E-state index is 0.196. The van der Waals surface area contributed by atoms with Gasteiger partial charge in [-0.05, 0) is 18.8 Å². The van der Waals surface area contributed by atoms with E-state index < -0.39 is 0 Å². The largest absolute Gasteiger partial charge is 0.368 e. The van der Waals surface area contributed by atoms with Gasteiger partial charge in [0.25, 0.3) is 0 Å². The standard InChI is InChI=1S/C11H16N6/c1-3-7(4-2)5-13-9-8-10(15-6-14-8)17-11(12)16-9/h5-7H,3-4H2,1-2H3,(H3,12,14,15,16,17). The Morgan fingerprint density at radius 1 is 1.41 bits per heavy atom. The molecule has 6 heteroatoms. The lowest BCUT2D eigenvalue weighted by Crippen LogP contribution is -1.99. The minimum Gasteiger partial charge on any atom is -0.368 e. The number of H-pyrrole nitrogens is 1. The van der Waals surface area contributed by atoms with Gasteiger partial charge in [0.1, 0.15) is 5.52 Å². The molecule has 0 saturated heterocycles. The quantitative estimate of drug-likeness (QED) is 0.789. The number of nitrogens with two attached hydrogens (primary N) is 1. The molecule has 2 heterocycles. The molecule has 0 aliphatic heterocycles. The molecule has 0 aliphatic rings. The Morgan fingerprint density at radius 3 is 2.88 bits per heavy atom. The molecule has 0 bridgehead atoms. The summed E-state index contributed by atoms with van der Waals surface area (Å²) in [4.78, 5) is 19.5. The van der Waals surface area contributed by atoms with Gasteiger partial charge in [0.15, 0.2) is 11.5 Å². The maximum Gasteiger partial charge on any atom is 0.224 e. The smallest absolute Gasteiger partial charge is 0.224 e. The summed E-state index contributed by atoms with van der Waals surface area (Å²) < 4.78 is 0. The Hall–Kier alpha value is -1.98. The van der Waals surface area contributed by atoms with Crippen LogP contribution in [-0.2, 0) is 0 Å². The molecule has 0 amide bonds. The molecule has 90 valence electrons. The molecule has 0 atom stereocenters. The molecule has 3 N–H and O–H groups in total. The van der Waals surface area contributed by atoms with Crippen molar-refractivity contribution in [3.8, 4) is 0 Å². The van der Waals surface area contributed by atoms with Gasteiger partial charge in [-0.1, -0.05) is 13.8 Å². The van der Waals surface area contributed by atoms with Crippen LogP contribution >= 0.6 is 0 Å². The topological polar surface area (TPSA) is 92.8 Å². The second kappa shape index (κ2) is 4.90. The second-order valence-electron chi connectivity index (χ2n) is 3.86. The summed E-state index contributed by atoms with van der Waals surface area (Å²) in [6.45, 7) is 4.28. The molecular formula is C11H16N6. The van der Waals surface area contributed by atoms with Crippen LogP contribution < -0.4 is 5.73 Å². The lowest BCUT2D eigenvalue weighted by molar-refractivity contribution is 0.655. The van der Waals surface area contributed by atoms with E-state index in [-0.39, 0.29) is 5.95 Å². The molecule has 0 unspecified atom stereocenters. The highest BCUT2D eigenvalue weighted by molar-refractivity contribution is 5.84. The highest BCUT2D eigenvalue weighted by atomic mass is 15.1. The maximum atomic E-state index is 5.61. The van der Waals surface area contributed by atoms with Gasteiger partial charge in [0, 0.05) is 6.21 Å². The second-order valence-corrected chi connectivity index (χ2v) is 3.86. The Morgan fingerprint density at radius 2 is 2.18 bits per heavy atom. The fourth-order valence-electron chi connectivity index (χ4n) is 1.60. The number of fused-ring (bicyclic) bond motifs is 1. The summed E-state index contributed by atoms with van der Waals surface area (Å²) in [7, 11) is 0. The Kier molecular flexibility index (Phi) is 3.32. The van der Waals surface area contributed by atoms with Crippen LogP contribution in [0.5, 0.6) is 0 Å². The van der Waals surface area contributed by atoms with Crippen LogP contribution in [0.3, 0.4) is 0 Å². The van der Waals surface area contributed by atoms with Gasteiger partial charge in [-0.3, -0.25) is 0 Å². The number of imidazole rings is 1. The molecule has 0 radical (unpaired) electrons. The highest BCUT2D eigenvalue weighted by Crippen LogP contribution is 2.20. The van der Waals surface area contributed by atoms with Crippen LogP contribution in [-0.4, -0.2) is 26.2 Å². The molecule has 2 aromatic rings. The number of anilines is 1. The molecule has 2 rings (SSSR count). The molecule has 0 saturated carbocycles. The van der Waals surface area contributed by atoms with E-state index in [1.165, 1.54) is 0 Å². The summed E-state index contributed by atoms with van der Waals surface area (Å²) in [5.41, 5.74) is 6.88. The van der Waals surface area contributed by atoms with Crippen molar-refractivity contribution in [2.24, 2.45) is 10.9 Å². The Labute approximate surface area is 99.4 Å². The lowest BCUT2D eigenvalue weighted by atomic mass is 10.1. The molecule has 17 heavy (non-hydrogen) atoms. The summed E-state index contributed by atoms with van der Waals surface area (Å²) in [5.74, 6) is 1.21. The molecule has 0 aromatic carbocycles. The van der Waals surface area contributed by atoms with E-state index in [1.54, 1.807) is 6.33 Å². The zero-order valence-electron chi connectivity index (χ0n) is 10.0. The summed E-state index contributed by atoms with van der Waals surface area (Å²) >= 11 is 0. The molecular weight excluding hydrogens is 216 g/mol. The van der Waals surface area contributed by atoms with Crippen molar-refractivity contribution in [3.63, 3.8) is 0 Å². The SMILES string of the molecule is CCC(C=Nc1nc(N)nc2nc[nH]c12)CC. The first-order valence-electron chi connectivity index (χ1n) is 5.75. The predicted molar refractivity (Wildman–Crippen MR) is 68.3 cm³/mol. The fraction of sp³-hybridized carbons (Fsp3) is 0.455. The fourth-order valence-corrected chi connectivity index (χ4v) is 1.60. The number of nitrogen functional groups attached to an aromatic ring is 1. The van der Waals surface area contributed by atoms with Crippen LogP contribution in [0.2, 0.25) is 0 Å². The number of aromatic amines is 1. The monoisotopic (exact) mass is 232 g/mol. The first-order valence-corrected chi connectivity index (χ1v) is 5.75. The van der Waals surface area contributed by atoms with Crippen LogP contribution in [0.1, 0.15) is 26.7 Å². The average molecular weight is 232 g/mol. The van der Waals surface area contributed by atoms with Crippen LogP contribution in [0, 0.1) is 5.92 Å². The first kappa shape index (κ1) is 11.5. The maximum absolute atomic E-state index is 5.61. The van der Waals surface area contributed by atoms with E-state index in [0.717, 1.165) is 18.4 Å². The van der Waals surface area contributed by atoms with Crippen molar-refractivity contribution in [2.75, 3.05) is 5.73 Å². The van der Waals surface area contributed by atoms with E-state index >= 15 is 0 Å². The third kappa shape index (κ3) is 2.41. The summed E-state index contributed by atoms with van der Waals surface area (Å²) in [6, 6.07) is 0. The predicted octanol–water partition coefficient (Wildman–Crippen LogP) is 2.07. The van der Waals surface area contributed by atoms with Crippen molar-refractivity contribution in [3.05, 3.63) is 6.33 Å². The van der Waals surface area contributed by atoms with Crippen molar-refractivity contribution < 1.29 is 0 Å². The highest BCUT2D eigenvalue weighted by Gasteiger charge is 2.07. The summed E-state index contributed by atoms with van der Waals surface area (Å²) in [5, 5.41) is 0. The van der Waals surface area contributed by atoms with Gasteiger partial charge in [-0.25, -0.2) is 9.98 Å². The van der Waals surface area contributed by atoms with Gasteiger partial charge in [0.05, 0.1) is 6.33 Å². The van der Waals surface area contributed by atoms with Crippen LogP contribution in [0.4, 0.5) is 11.8 Å². The minimum absolute atomic E-state index is 0.196. The Bertz CT molecular complexity index is 526. The van der Waals surface area contributed by atoms with E-state index in [2.05, 4.69) is 38.8 Å². The van der Waals surface area contributed by atoms with Gasteiger partial charge >= 0.3 is 0 Å². The number of hydrogen-bond donors (Lipinski definition) is 2. The van der Waals surface area contributed by atoms with E-state index in [4.69, 9.17) is 5.73 Å². The van der Waals surface area contributed by atoms with Crippen molar-refractivity contribution in [1.82, 2.24) is 19.9 Å². The Balaban J connectivity index is 2.37.